The molecule has 0 aromatic heterocycles. The molecule has 0 heterocycles. The average molecular weight is 368 g/mol. The molecular weight excluding hydrogens is 336 g/mol. The van der Waals surface area contributed by atoms with Crippen molar-refractivity contribution in [1.29, 1.82) is 0 Å². The molecule has 1 fully saturated rings. The molecule has 1 aliphatic carbocycles. The van der Waals surface area contributed by atoms with Crippen LogP contribution in [0.1, 0.15) is 44.9 Å². The van der Waals surface area contributed by atoms with Crippen LogP contribution in [-0.4, -0.2) is 40.9 Å². The van der Waals surface area contributed by atoms with Crippen LogP contribution < -0.4 is 16.8 Å². The Kier molecular flexibility index (Phi) is 10.6. The predicted molar refractivity (Wildman–Crippen MR) is 104 cm³/mol. The third-order valence-corrected chi connectivity index (χ3v) is 4.43. The largest absolute Gasteiger partial charge is 0.399 e. The van der Waals surface area contributed by atoms with Crippen LogP contribution in [0.25, 0.3) is 0 Å². The number of nitro groups is 1. The third-order valence-electron chi connectivity index (χ3n) is 4.43. The summed E-state index contributed by atoms with van der Waals surface area (Å²) in [4.78, 5) is 10.4. The van der Waals surface area contributed by atoms with Gasteiger partial charge in [0.15, 0.2) is 0 Å². The highest BCUT2D eigenvalue weighted by molar-refractivity contribution is 5.66. The minimum Gasteiger partial charge on any atom is -0.399 e. The average Bonchev–Trinajstić information content (AvgIpc) is 2.63. The Morgan fingerprint density at radius 2 is 2.04 bits per heavy atom. The fourth-order valence-corrected chi connectivity index (χ4v) is 2.95. The molecule has 0 amide bonds. The van der Waals surface area contributed by atoms with Gasteiger partial charge in [0.05, 0.1) is 11.0 Å². The number of rotatable bonds is 8. The molecule has 26 heavy (non-hydrogen) atoms. The van der Waals surface area contributed by atoms with E-state index >= 15 is 0 Å². The van der Waals surface area contributed by atoms with E-state index < -0.39 is 4.92 Å². The van der Waals surface area contributed by atoms with E-state index in [1.807, 2.05) is 0 Å². The molecule has 2 unspecified atom stereocenters. The maximum absolute atomic E-state index is 10.8. The summed E-state index contributed by atoms with van der Waals surface area (Å²) in [5.41, 5.74) is 11.8. The number of aliphatic hydroxyl groups excluding tert-OH is 2. The zero-order chi connectivity index (χ0) is 19.4. The second-order valence-electron chi connectivity index (χ2n) is 6.68. The van der Waals surface area contributed by atoms with Crippen molar-refractivity contribution < 1.29 is 15.1 Å². The van der Waals surface area contributed by atoms with Crippen molar-refractivity contribution in [2.45, 2.75) is 51.0 Å². The van der Waals surface area contributed by atoms with Crippen molar-refractivity contribution in [2.24, 2.45) is 11.7 Å². The highest BCUT2D eigenvalue weighted by atomic mass is 16.6. The first-order valence-corrected chi connectivity index (χ1v) is 9.24. The lowest BCUT2D eigenvalue weighted by Gasteiger charge is -2.23. The van der Waals surface area contributed by atoms with Gasteiger partial charge in [0, 0.05) is 24.9 Å². The summed E-state index contributed by atoms with van der Waals surface area (Å²) in [6.45, 7) is 1.63. The Morgan fingerprint density at radius 3 is 2.62 bits per heavy atom. The van der Waals surface area contributed by atoms with Crippen LogP contribution in [0.2, 0.25) is 0 Å². The molecular formula is C18H32N4O4. The van der Waals surface area contributed by atoms with Crippen molar-refractivity contribution in [3.05, 3.63) is 28.3 Å². The molecule has 1 saturated carbocycles. The number of nitrogen functional groups attached to an aromatic ring is 1. The number of hydrogen-bond donors (Lipinski definition) is 5. The Balaban J connectivity index is 0.000000314. The van der Waals surface area contributed by atoms with Gasteiger partial charge < -0.3 is 27.0 Å². The Hall–Kier alpha value is -1.90. The number of nitrogens with one attached hydrogen (secondary N) is 1. The first kappa shape index (κ1) is 22.1. The maximum atomic E-state index is 10.8. The summed E-state index contributed by atoms with van der Waals surface area (Å²) >= 11 is 0. The lowest BCUT2D eigenvalue weighted by molar-refractivity contribution is -0.383. The van der Waals surface area contributed by atoms with Gasteiger partial charge in [0.25, 0.3) is 5.69 Å². The van der Waals surface area contributed by atoms with Crippen LogP contribution in [0.15, 0.2) is 18.2 Å². The van der Waals surface area contributed by atoms with Gasteiger partial charge in [0.2, 0.25) is 0 Å². The molecule has 2 atom stereocenters. The minimum atomic E-state index is -0.432. The number of hydrogen-bond acceptors (Lipinski definition) is 7. The summed E-state index contributed by atoms with van der Waals surface area (Å²) in [6.07, 6.45) is 6.69. The number of nitro benzene ring substituents is 1. The molecule has 0 bridgehead atoms. The molecule has 0 spiro atoms. The molecule has 0 radical (unpaired) electrons. The lowest BCUT2D eigenvalue weighted by Crippen LogP contribution is -2.21. The Morgan fingerprint density at radius 1 is 1.27 bits per heavy atom. The second kappa shape index (κ2) is 12.5. The molecule has 148 valence electrons. The standard InChI is InChI=1S/C11H18N4O2.C7H14O2/c12-6-2-1-3-7-14-10-5-4-9(13)8-11(10)15(16)17;8-5-6-2-1-3-7(9)4-6/h4-5,8,14H,1-3,6-7,12-13H2;6-9H,1-5H2. The lowest BCUT2D eigenvalue weighted by atomic mass is 9.88. The fourth-order valence-electron chi connectivity index (χ4n) is 2.95. The molecule has 8 heteroatoms. The summed E-state index contributed by atoms with van der Waals surface area (Å²) in [6, 6.07) is 4.65. The molecule has 8 nitrogen and oxygen atoms in total. The smallest absolute Gasteiger partial charge is 0.294 e. The SMILES string of the molecule is NCCCCCNc1ccc(N)cc1[N+](=O)[O-].OCC1CCCC(O)C1. The number of benzene rings is 1. The van der Waals surface area contributed by atoms with Crippen LogP contribution in [0.5, 0.6) is 0 Å². The number of anilines is 2. The molecule has 1 aliphatic rings. The fraction of sp³-hybridized carbons (Fsp3) is 0.667. The van der Waals surface area contributed by atoms with Crippen LogP contribution in [-0.2, 0) is 0 Å². The van der Waals surface area contributed by atoms with E-state index in [1.54, 1.807) is 12.1 Å². The zero-order valence-corrected chi connectivity index (χ0v) is 15.3. The van der Waals surface area contributed by atoms with Gasteiger partial charge in [-0.05, 0) is 56.7 Å². The van der Waals surface area contributed by atoms with Crippen LogP contribution in [0, 0.1) is 16.0 Å². The third kappa shape index (κ3) is 8.46. The summed E-state index contributed by atoms with van der Waals surface area (Å²) in [7, 11) is 0. The maximum Gasteiger partial charge on any atom is 0.294 e. The molecule has 1 aromatic carbocycles. The van der Waals surface area contributed by atoms with E-state index in [4.69, 9.17) is 21.7 Å². The van der Waals surface area contributed by atoms with Gasteiger partial charge in [-0.3, -0.25) is 10.1 Å². The van der Waals surface area contributed by atoms with E-state index in [1.165, 1.54) is 6.07 Å². The molecule has 0 aliphatic heterocycles. The minimum absolute atomic E-state index is 0.0174. The van der Waals surface area contributed by atoms with E-state index in [-0.39, 0.29) is 18.4 Å². The van der Waals surface area contributed by atoms with E-state index in [0.717, 1.165) is 44.9 Å². The number of unbranched alkanes of at least 4 members (excludes halogenated alkanes) is 2. The van der Waals surface area contributed by atoms with Crippen molar-refractivity contribution in [3.8, 4) is 0 Å². The second-order valence-corrected chi connectivity index (χ2v) is 6.68. The number of nitrogens with two attached hydrogens (primary N) is 2. The van der Waals surface area contributed by atoms with Crippen molar-refractivity contribution in [1.82, 2.24) is 0 Å². The summed E-state index contributed by atoms with van der Waals surface area (Å²) in [5, 5.41) is 31.6. The van der Waals surface area contributed by atoms with Gasteiger partial charge in [-0.2, -0.15) is 0 Å². The first-order chi connectivity index (χ1) is 12.5. The summed E-state index contributed by atoms with van der Waals surface area (Å²) < 4.78 is 0. The number of nitrogens with zero attached hydrogens (tertiary/aromatic N) is 1. The predicted octanol–water partition coefficient (Wildman–Crippen LogP) is 2.25. The van der Waals surface area contributed by atoms with Gasteiger partial charge in [-0.15, -0.1) is 0 Å². The van der Waals surface area contributed by atoms with Gasteiger partial charge in [-0.25, -0.2) is 0 Å². The molecule has 2 rings (SSSR count). The van der Waals surface area contributed by atoms with Crippen molar-refractivity contribution in [3.63, 3.8) is 0 Å². The van der Waals surface area contributed by atoms with E-state index in [0.29, 0.717) is 30.4 Å². The Labute approximate surface area is 154 Å². The van der Waals surface area contributed by atoms with Crippen molar-refractivity contribution in [2.75, 3.05) is 30.7 Å². The topological polar surface area (TPSA) is 148 Å². The molecule has 7 N–H and O–H groups in total. The van der Waals surface area contributed by atoms with Gasteiger partial charge in [-0.1, -0.05) is 12.8 Å². The van der Waals surface area contributed by atoms with Crippen molar-refractivity contribution >= 4 is 17.1 Å². The normalized spacial score (nSPS) is 19.3. The highest BCUT2D eigenvalue weighted by Crippen LogP contribution is 2.26. The Bertz CT molecular complexity index is 542. The first-order valence-electron chi connectivity index (χ1n) is 9.24. The molecule has 0 saturated heterocycles. The van der Waals surface area contributed by atoms with Gasteiger partial charge >= 0.3 is 0 Å². The van der Waals surface area contributed by atoms with Crippen LogP contribution in [0.4, 0.5) is 17.1 Å². The monoisotopic (exact) mass is 368 g/mol. The van der Waals surface area contributed by atoms with E-state index in [9.17, 15) is 10.1 Å². The van der Waals surface area contributed by atoms with Crippen LogP contribution in [0.3, 0.4) is 0 Å². The zero-order valence-electron chi connectivity index (χ0n) is 15.3. The summed E-state index contributed by atoms with van der Waals surface area (Å²) in [5.74, 6) is 0.369. The van der Waals surface area contributed by atoms with Gasteiger partial charge in [0.1, 0.15) is 5.69 Å². The van der Waals surface area contributed by atoms with Crippen LogP contribution >= 0.6 is 0 Å². The molecule has 1 aromatic rings. The quantitative estimate of drug-likeness (QED) is 0.204. The van der Waals surface area contributed by atoms with E-state index in [2.05, 4.69) is 5.32 Å². The highest BCUT2D eigenvalue weighted by Gasteiger charge is 2.18. The number of aliphatic hydroxyl groups is 2.